The summed E-state index contributed by atoms with van der Waals surface area (Å²) in [5.41, 5.74) is 2.16. The standard InChI is InChI=1S/C24H26N2O8/c1-23(8-34-9-23)7-26-17-12-6-11-5-10-3-2-4-13(27)14(10)18(28)15(11)20(30)24(12,33)21(31)16(19(17)29)22(25)32/h2-4,11-12,17,26-28,31,33H,5-9H2,1H3,(H2,25,32)/t11-,12-,17+,24-/m0/s1. The molecule has 10 nitrogen and oxygen atoms in total. The van der Waals surface area contributed by atoms with Crippen LogP contribution in [-0.2, 0) is 25.5 Å². The van der Waals surface area contributed by atoms with Crippen molar-refractivity contribution in [2.24, 2.45) is 23.0 Å². The summed E-state index contributed by atoms with van der Waals surface area (Å²) in [5.74, 6) is -6.58. The van der Waals surface area contributed by atoms with E-state index in [0.717, 1.165) is 0 Å². The van der Waals surface area contributed by atoms with Gasteiger partial charge in [0.15, 0.2) is 11.4 Å². The van der Waals surface area contributed by atoms with E-state index in [1.165, 1.54) is 6.07 Å². The molecule has 1 aromatic carbocycles. The van der Waals surface area contributed by atoms with Gasteiger partial charge in [0, 0.05) is 23.5 Å². The van der Waals surface area contributed by atoms with Gasteiger partial charge in [-0.05, 0) is 30.4 Å². The number of phenolic OH excluding ortho intramolecular Hbond substituents is 1. The van der Waals surface area contributed by atoms with Crippen LogP contribution < -0.4 is 11.1 Å². The number of aliphatic hydroxyl groups excluding tert-OH is 2. The number of fused-ring (bicyclic) bond motifs is 3. The van der Waals surface area contributed by atoms with Crippen LogP contribution in [0.2, 0.25) is 0 Å². The molecule has 0 unspecified atom stereocenters. The average molecular weight is 470 g/mol. The number of primary amides is 1. The van der Waals surface area contributed by atoms with E-state index in [9.17, 15) is 34.8 Å². The number of carbonyl (C=O) groups is 3. The first kappa shape index (κ1) is 22.6. The average Bonchev–Trinajstić information content (AvgIpc) is 2.74. The third-order valence-corrected chi connectivity index (χ3v) is 7.59. The van der Waals surface area contributed by atoms with Crippen molar-refractivity contribution >= 4 is 23.2 Å². The molecule has 0 bridgehead atoms. The topological polar surface area (TPSA) is 179 Å². The lowest BCUT2D eigenvalue weighted by molar-refractivity contribution is -0.151. The van der Waals surface area contributed by atoms with Gasteiger partial charge in [-0.1, -0.05) is 19.1 Å². The smallest absolute Gasteiger partial charge is 0.255 e. The molecular weight excluding hydrogens is 444 g/mol. The van der Waals surface area contributed by atoms with Crippen LogP contribution in [0.3, 0.4) is 0 Å². The SMILES string of the molecule is CC1(CN[C@H]2C(=O)C(C(N)=O)=C(O)[C@@]3(O)C(=O)C4=C(O)c5c(O)cccc5C[C@H]4C[C@@H]23)COC1. The maximum Gasteiger partial charge on any atom is 0.255 e. The molecule has 0 radical (unpaired) electrons. The lowest BCUT2D eigenvalue weighted by Gasteiger charge is -2.50. The zero-order valence-corrected chi connectivity index (χ0v) is 18.5. The number of aromatic hydroxyl groups is 1. The summed E-state index contributed by atoms with van der Waals surface area (Å²) < 4.78 is 5.24. The Morgan fingerprint density at radius 2 is 1.94 bits per heavy atom. The fourth-order valence-electron chi connectivity index (χ4n) is 5.76. The Morgan fingerprint density at radius 3 is 2.56 bits per heavy atom. The number of phenols is 1. The summed E-state index contributed by atoms with van der Waals surface area (Å²) in [6, 6.07) is 3.54. The summed E-state index contributed by atoms with van der Waals surface area (Å²) in [6.07, 6.45) is 0.338. The van der Waals surface area contributed by atoms with E-state index in [1.54, 1.807) is 12.1 Å². The number of aliphatic hydroxyl groups is 3. The van der Waals surface area contributed by atoms with Crippen molar-refractivity contribution in [2.45, 2.75) is 31.4 Å². The number of nitrogens with one attached hydrogen (secondary N) is 1. The largest absolute Gasteiger partial charge is 0.508 e. The van der Waals surface area contributed by atoms with Gasteiger partial charge in [0.1, 0.15) is 22.8 Å². The Labute approximate surface area is 194 Å². The first-order valence-electron chi connectivity index (χ1n) is 11.1. The number of hydrogen-bond acceptors (Lipinski definition) is 9. The van der Waals surface area contributed by atoms with Gasteiger partial charge in [-0.2, -0.15) is 0 Å². The summed E-state index contributed by atoms with van der Waals surface area (Å²) >= 11 is 0. The monoisotopic (exact) mass is 470 g/mol. The molecule has 180 valence electrons. The second kappa shape index (κ2) is 7.39. The van der Waals surface area contributed by atoms with Gasteiger partial charge in [-0.15, -0.1) is 0 Å². The molecule has 1 saturated carbocycles. The van der Waals surface area contributed by atoms with Crippen molar-refractivity contribution in [1.29, 1.82) is 0 Å². The highest BCUT2D eigenvalue weighted by Crippen LogP contribution is 2.52. The predicted molar refractivity (Wildman–Crippen MR) is 117 cm³/mol. The van der Waals surface area contributed by atoms with E-state index in [2.05, 4.69) is 5.32 Å². The fraction of sp³-hybridized carbons (Fsp3) is 0.458. The minimum atomic E-state index is -2.64. The Kier molecular flexibility index (Phi) is 4.91. The number of hydrogen-bond donors (Lipinski definition) is 6. The van der Waals surface area contributed by atoms with Crippen molar-refractivity contribution in [1.82, 2.24) is 5.32 Å². The molecule has 0 spiro atoms. The Bertz CT molecular complexity index is 1200. The minimum Gasteiger partial charge on any atom is -0.508 e. The van der Waals surface area contributed by atoms with Gasteiger partial charge < -0.3 is 36.2 Å². The minimum absolute atomic E-state index is 0.0590. The number of Topliss-reactive ketones (excluding diaryl/α,β-unsaturated/α-hetero) is 2. The highest BCUT2D eigenvalue weighted by atomic mass is 16.5. The van der Waals surface area contributed by atoms with E-state index >= 15 is 0 Å². The summed E-state index contributed by atoms with van der Waals surface area (Å²) in [5, 5.41) is 46.8. The third kappa shape index (κ3) is 2.95. The normalized spacial score (nSPS) is 32.0. The summed E-state index contributed by atoms with van der Waals surface area (Å²) in [4.78, 5) is 39.0. The summed E-state index contributed by atoms with van der Waals surface area (Å²) in [6.45, 7) is 3.18. The van der Waals surface area contributed by atoms with E-state index in [4.69, 9.17) is 10.5 Å². The van der Waals surface area contributed by atoms with Crippen LogP contribution in [0.15, 0.2) is 35.1 Å². The lowest BCUT2D eigenvalue weighted by atomic mass is 9.57. The molecule has 1 amide bonds. The van der Waals surface area contributed by atoms with E-state index < -0.39 is 58.0 Å². The number of rotatable bonds is 4. The molecule has 0 aromatic heterocycles. The van der Waals surface area contributed by atoms with Crippen LogP contribution in [-0.4, -0.2) is 69.3 Å². The molecular formula is C24H26N2O8. The van der Waals surface area contributed by atoms with Crippen LogP contribution in [0.5, 0.6) is 5.75 Å². The molecule has 4 aliphatic rings. The highest BCUT2D eigenvalue weighted by Gasteiger charge is 2.63. The maximum absolute atomic E-state index is 13.7. The lowest BCUT2D eigenvalue weighted by Crippen LogP contribution is -2.67. The van der Waals surface area contributed by atoms with Gasteiger partial charge >= 0.3 is 0 Å². The molecule has 10 heteroatoms. The number of benzene rings is 1. The Hall–Kier alpha value is -3.21. The van der Waals surface area contributed by atoms with Gasteiger partial charge in [-0.25, -0.2) is 0 Å². The molecule has 1 heterocycles. The van der Waals surface area contributed by atoms with Crippen molar-refractivity contribution < 1.29 is 39.5 Å². The quantitative estimate of drug-likeness (QED) is 0.331. The summed E-state index contributed by atoms with van der Waals surface area (Å²) in [7, 11) is 0. The first-order chi connectivity index (χ1) is 16.0. The van der Waals surface area contributed by atoms with Crippen LogP contribution in [0.1, 0.15) is 24.5 Å². The number of nitrogens with two attached hydrogens (primary N) is 1. The van der Waals surface area contributed by atoms with E-state index in [0.29, 0.717) is 25.3 Å². The number of amides is 1. The molecule has 4 atom stereocenters. The van der Waals surface area contributed by atoms with Crippen molar-refractivity contribution in [3.05, 3.63) is 46.2 Å². The molecule has 3 aliphatic carbocycles. The van der Waals surface area contributed by atoms with Crippen LogP contribution in [0.25, 0.3) is 5.76 Å². The number of carbonyl (C=O) groups excluding carboxylic acids is 3. The Morgan fingerprint density at radius 1 is 1.24 bits per heavy atom. The number of ketones is 2. The van der Waals surface area contributed by atoms with Gasteiger partial charge in [0.25, 0.3) is 5.91 Å². The zero-order valence-electron chi connectivity index (χ0n) is 18.5. The molecule has 1 aromatic rings. The maximum atomic E-state index is 13.7. The fourth-order valence-corrected chi connectivity index (χ4v) is 5.76. The Balaban J connectivity index is 1.63. The van der Waals surface area contributed by atoms with E-state index in [1.807, 2.05) is 6.92 Å². The van der Waals surface area contributed by atoms with Gasteiger partial charge in [0.2, 0.25) is 5.78 Å². The molecule has 2 fully saturated rings. The van der Waals surface area contributed by atoms with Gasteiger partial charge in [0.05, 0.1) is 24.8 Å². The molecule has 34 heavy (non-hydrogen) atoms. The molecule has 5 rings (SSSR count). The van der Waals surface area contributed by atoms with Crippen molar-refractivity contribution in [3.63, 3.8) is 0 Å². The number of ether oxygens (including phenoxy) is 1. The highest BCUT2D eigenvalue weighted by molar-refractivity contribution is 6.24. The van der Waals surface area contributed by atoms with Crippen molar-refractivity contribution in [3.8, 4) is 5.75 Å². The second-order valence-corrected chi connectivity index (χ2v) is 10.0. The van der Waals surface area contributed by atoms with Crippen LogP contribution in [0.4, 0.5) is 0 Å². The predicted octanol–water partition coefficient (Wildman–Crippen LogP) is 0.0285. The second-order valence-electron chi connectivity index (χ2n) is 10.0. The van der Waals surface area contributed by atoms with Crippen LogP contribution in [0, 0.1) is 17.3 Å². The molecule has 1 aliphatic heterocycles. The molecule has 7 N–H and O–H groups in total. The first-order valence-corrected chi connectivity index (χ1v) is 11.1. The van der Waals surface area contributed by atoms with Crippen LogP contribution >= 0.6 is 0 Å². The van der Waals surface area contributed by atoms with Crippen molar-refractivity contribution in [2.75, 3.05) is 19.8 Å². The molecule has 1 saturated heterocycles. The third-order valence-electron chi connectivity index (χ3n) is 7.59. The van der Waals surface area contributed by atoms with Gasteiger partial charge in [-0.3, -0.25) is 14.4 Å². The zero-order chi connectivity index (χ0) is 24.6. The van der Waals surface area contributed by atoms with E-state index in [-0.39, 0.29) is 35.1 Å².